The maximum Gasteiger partial charge on any atom is 0.217 e. The van der Waals surface area contributed by atoms with E-state index in [1.807, 2.05) is 6.07 Å². The zero-order valence-electron chi connectivity index (χ0n) is 10.2. The van der Waals surface area contributed by atoms with Crippen LogP contribution in [-0.4, -0.2) is 19.6 Å². The molecule has 0 heterocycles. The van der Waals surface area contributed by atoms with Gasteiger partial charge in [0.1, 0.15) is 5.75 Å². The van der Waals surface area contributed by atoms with Gasteiger partial charge in [-0.2, -0.15) is 0 Å². The van der Waals surface area contributed by atoms with Gasteiger partial charge in [-0.05, 0) is 41.7 Å². The van der Waals surface area contributed by atoms with Crippen LogP contribution < -0.4 is 10.1 Å². The van der Waals surface area contributed by atoms with E-state index in [4.69, 9.17) is 4.74 Å². The Balaban J connectivity index is 2.17. The number of methoxy groups -OCH3 is 1. The minimum atomic E-state index is 0.00529. The highest BCUT2D eigenvalue weighted by atomic mass is 16.5. The van der Waals surface area contributed by atoms with Gasteiger partial charge in [0, 0.05) is 13.5 Å². The summed E-state index contributed by atoms with van der Waals surface area (Å²) in [5.41, 5.74) is 3.92. The second kappa shape index (κ2) is 5.04. The van der Waals surface area contributed by atoms with E-state index in [0.29, 0.717) is 6.54 Å². The van der Waals surface area contributed by atoms with Gasteiger partial charge in [0.25, 0.3) is 0 Å². The van der Waals surface area contributed by atoms with E-state index in [9.17, 15) is 4.79 Å². The lowest BCUT2D eigenvalue weighted by molar-refractivity contribution is -0.118. The van der Waals surface area contributed by atoms with Gasteiger partial charge < -0.3 is 10.1 Å². The molecule has 3 nitrogen and oxygen atoms in total. The minimum absolute atomic E-state index is 0.00529. The summed E-state index contributed by atoms with van der Waals surface area (Å²) in [5.74, 6) is 0.891. The van der Waals surface area contributed by atoms with Crippen molar-refractivity contribution in [1.82, 2.24) is 5.32 Å². The normalized spacial score (nSPS) is 15.8. The van der Waals surface area contributed by atoms with Crippen molar-refractivity contribution in [2.45, 2.75) is 19.8 Å². The molecule has 0 aliphatic heterocycles. The topological polar surface area (TPSA) is 38.3 Å². The molecule has 90 valence electrons. The molecule has 2 rings (SSSR count). The van der Waals surface area contributed by atoms with Crippen molar-refractivity contribution in [1.29, 1.82) is 0 Å². The van der Waals surface area contributed by atoms with E-state index < -0.39 is 0 Å². The van der Waals surface area contributed by atoms with Crippen LogP contribution in [0.25, 0.3) is 5.57 Å². The predicted molar refractivity (Wildman–Crippen MR) is 68.0 cm³/mol. The van der Waals surface area contributed by atoms with Crippen LogP contribution in [0.5, 0.6) is 5.75 Å². The van der Waals surface area contributed by atoms with Crippen molar-refractivity contribution in [2.75, 3.05) is 13.7 Å². The number of fused-ring (bicyclic) bond motifs is 1. The number of carbonyl (C=O) groups is 1. The molecule has 0 aromatic heterocycles. The molecule has 1 aromatic rings. The highest BCUT2D eigenvalue weighted by Gasteiger charge is 2.16. The number of amides is 1. The second-order valence-electron chi connectivity index (χ2n) is 4.19. The third-order valence-corrected chi connectivity index (χ3v) is 3.03. The van der Waals surface area contributed by atoms with E-state index in [-0.39, 0.29) is 5.91 Å². The lowest BCUT2D eigenvalue weighted by atomic mass is 10.1. The fourth-order valence-electron chi connectivity index (χ4n) is 2.13. The van der Waals surface area contributed by atoms with Gasteiger partial charge in [0.05, 0.1) is 7.11 Å². The van der Waals surface area contributed by atoms with Crippen molar-refractivity contribution < 1.29 is 9.53 Å². The fraction of sp³-hybridized carbons (Fsp3) is 0.357. The van der Waals surface area contributed by atoms with E-state index in [1.165, 1.54) is 23.6 Å². The van der Waals surface area contributed by atoms with Gasteiger partial charge in [-0.1, -0.05) is 12.1 Å². The van der Waals surface area contributed by atoms with Crippen LogP contribution in [0.1, 0.15) is 24.5 Å². The average Bonchev–Trinajstić information content (AvgIpc) is 2.71. The number of hydrogen-bond donors (Lipinski definition) is 1. The SMILES string of the molecule is COc1ccc2c(c1)/C(=C\CNC(C)=O)CC2. The van der Waals surface area contributed by atoms with Crippen LogP contribution in [0, 0.1) is 0 Å². The number of allylic oxidation sites excluding steroid dienone is 1. The molecule has 1 aliphatic rings. The Morgan fingerprint density at radius 1 is 1.47 bits per heavy atom. The van der Waals surface area contributed by atoms with Gasteiger partial charge in [-0.15, -0.1) is 0 Å². The number of ether oxygens (including phenoxy) is 1. The standard InChI is InChI=1S/C14H17NO2/c1-10(16)15-8-7-12-4-3-11-5-6-13(17-2)9-14(11)12/h5-7,9H,3-4,8H2,1-2H3,(H,15,16)/b12-7-. The molecule has 0 fully saturated rings. The lowest BCUT2D eigenvalue weighted by Gasteiger charge is -2.05. The Morgan fingerprint density at radius 3 is 3.00 bits per heavy atom. The first kappa shape index (κ1) is 11.7. The first-order valence-corrected chi connectivity index (χ1v) is 5.81. The van der Waals surface area contributed by atoms with Crippen LogP contribution in [0.2, 0.25) is 0 Å². The Kier molecular flexibility index (Phi) is 3.47. The van der Waals surface area contributed by atoms with E-state index in [1.54, 1.807) is 7.11 Å². The predicted octanol–water partition coefficient (Wildman–Crippen LogP) is 2.16. The number of nitrogens with one attached hydrogen (secondary N) is 1. The summed E-state index contributed by atoms with van der Waals surface area (Å²) in [7, 11) is 1.68. The van der Waals surface area contributed by atoms with Gasteiger partial charge in [-0.25, -0.2) is 0 Å². The highest BCUT2D eigenvalue weighted by Crippen LogP contribution is 2.34. The Hall–Kier alpha value is -1.77. The number of carbonyl (C=O) groups excluding carboxylic acids is 1. The summed E-state index contributed by atoms with van der Waals surface area (Å²) >= 11 is 0. The second-order valence-corrected chi connectivity index (χ2v) is 4.19. The summed E-state index contributed by atoms with van der Waals surface area (Å²) in [5, 5.41) is 2.79. The first-order valence-electron chi connectivity index (χ1n) is 5.81. The quantitative estimate of drug-likeness (QED) is 0.865. The molecule has 1 amide bonds. The Bertz CT molecular complexity index is 463. The third-order valence-electron chi connectivity index (χ3n) is 3.03. The first-order chi connectivity index (χ1) is 8.20. The van der Waals surface area contributed by atoms with Crippen LogP contribution in [-0.2, 0) is 11.2 Å². The van der Waals surface area contributed by atoms with Crippen molar-refractivity contribution in [2.24, 2.45) is 0 Å². The molecule has 0 saturated carbocycles. The van der Waals surface area contributed by atoms with Crippen molar-refractivity contribution in [3.8, 4) is 5.75 Å². The molecule has 0 spiro atoms. The summed E-state index contributed by atoms with van der Waals surface area (Å²) in [6.07, 6.45) is 4.21. The van der Waals surface area contributed by atoms with E-state index in [2.05, 4.69) is 23.5 Å². The smallest absolute Gasteiger partial charge is 0.217 e. The van der Waals surface area contributed by atoms with Crippen molar-refractivity contribution in [3.63, 3.8) is 0 Å². The van der Waals surface area contributed by atoms with Gasteiger partial charge in [0.2, 0.25) is 5.91 Å². The van der Waals surface area contributed by atoms with Gasteiger partial charge in [-0.3, -0.25) is 4.79 Å². The van der Waals surface area contributed by atoms with Crippen LogP contribution in [0.15, 0.2) is 24.3 Å². The molecule has 3 heteroatoms. The summed E-state index contributed by atoms with van der Waals surface area (Å²) in [6.45, 7) is 2.13. The van der Waals surface area contributed by atoms with Crippen molar-refractivity contribution in [3.05, 3.63) is 35.4 Å². The molecule has 0 saturated heterocycles. The molecule has 0 unspecified atom stereocenters. The third kappa shape index (κ3) is 2.67. The highest BCUT2D eigenvalue weighted by molar-refractivity contribution is 5.76. The maximum absolute atomic E-state index is 10.8. The largest absolute Gasteiger partial charge is 0.497 e. The number of hydrogen-bond acceptors (Lipinski definition) is 2. The lowest BCUT2D eigenvalue weighted by Crippen LogP contribution is -2.19. The van der Waals surface area contributed by atoms with Gasteiger partial charge in [0.15, 0.2) is 0 Å². The average molecular weight is 231 g/mol. The zero-order chi connectivity index (χ0) is 12.3. The molecule has 1 N–H and O–H groups in total. The maximum atomic E-state index is 10.8. The van der Waals surface area contributed by atoms with E-state index >= 15 is 0 Å². The Labute approximate surface area is 101 Å². The Morgan fingerprint density at radius 2 is 2.29 bits per heavy atom. The summed E-state index contributed by atoms with van der Waals surface area (Å²) in [4.78, 5) is 10.8. The molecule has 17 heavy (non-hydrogen) atoms. The minimum Gasteiger partial charge on any atom is -0.497 e. The molecule has 0 radical (unpaired) electrons. The molecule has 0 bridgehead atoms. The molecule has 1 aromatic carbocycles. The zero-order valence-corrected chi connectivity index (χ0v) is 10.2. The van der Waals surface area contributed by atoms with Crippen molar-refractivity contribution >= 4 is 11.5 Å². The van der Waals surface area contributed by atoms with Crippen LogP contribution in [0.3, 0.4) is 0 Å². The molecular formula is C14H17NO2. The molecule has 1 aliphatic carbocycles. The molecule has 0 atom stereocenters. The summed E-state index contributed by atoms with van der Waals surface area (Å²) < 4.78 is 5.23. The van der Waals surface area contributed by atoms with Gasteiger partial charge >= 0.3 is 0 Å². The number of rotatable bonds is 3. The number of aryl methyl sites for hydroxylation is 1. The fourth-order valence-corrected chi connectivity index (χ4v) is 2.13. The monoisotopic (exact) mass is 231 g/mol. The van der Waals surface area contributed by atoms with Crippen LogP contribution >= 0.6 is 0 Å². The summed E-state index contributed by atoms with van der Waals surface area (Å²) in [6, 6.07) is 6.19. The van der Waals surface area contributed by atoms with E-state index in [0.717, 1.165) is 18.6 Å². The van der Waals surface area contributed by atoms with Crippen LogP contribution in [0.4, 0.5) is 0 Å². The molecular weight excluding hydrogens is 214 g/mol. The number of benzene rings is 1.